The van der Waals surface area contributed by atoms with Crippen LogP contribution in [0.3, 0.4) is 0 Å². The molecule has 2 N–H and O–H groups in total. The minimum Gasteiger partial charge on any atom is -0.347 e. The summed E-state index contributed by atoms with van der Waals surface area (Å²) >= 11 is 3.38. The van der Waals surface area contributed by atoms with Gasteiger partial charge in [0.05, 0.1) is 12.5 Å². The molecule has 152 valence electrons. The van der Waals surface area contributed by atoms with Crippen molar-refractivity contribution in [3.63, 3.8) is 0 Å². The van der Waals surface area contributed by atoms with Gasteiger partial charge in [-0.05, 0) is 54.8 Å². The lowest BCUT2D eigenvalue weighted by Crippen LogP contribution is -2.38. The van der Waals surface area contributed by atoms with E-state index in [1.807, 2.05) is 43.3 Å². The molecule has 0 spiro atoms. The van der Waals surface area contributed by atoms with Gasteiger partial charge < -0.3 is 15.5 Å². The van der Waals surface area contributed by atoms with Crippen molar-refractivity contribution in [1.29, 1.82) is 0 Å². The molecule has 1 fully saturated rings. The number of amides is 3. The second kappa shape index (κ2) is 9.22. The minimum absolute atomic E-state index is 0.0756. The summed E-state index contributed by atoms with van der Waals surface area (Å²) in [5.41, 5.74) is 3.58. The molecule has 2 aromatic carbocycles. The maximum absolute atomic E-state index is 12.5. The monoisotopic (exact) mass is 457 g/mol. The normalized spacial score (nSPS) is 16.0. The van der Waals surface area contributed by atoms with E-state index in [4.69, 9.17) is 0 Å². The van der Waals surface area contributed by atoms with Crippen LogP contribution in [0.1, 0.15) is 24.5 Å². The van der Waals surface area contributed by atoms with Crippen molar-refractivity contribution in [1.82, 2.24) is 5.32 Å². The van der Waals surface area contributed by atoms with E-state index in [0.717, 1.165) is 27.7 Å². The number of hydrogen-bond acceptors (Lipinski definition) is 3. The molecule has 0 unspecified atom stereocenters. The summed E-state index contributed by atoms with van der Waals surface area (Å²) in [5.74, 6) is -1.13. The highest BCUT2D eigenvalue weighted by Gasteiger charge is 2.35. The first-order chi connectivity index (χ1) is 13.9. The standard InChI is InChI=1S/C22H24BrN3O3/c1-3-15-5-4-6-18(10-15)26-13-16(11-21(26)28)22(29)24-12-20(27)25-19-8-7-17(23)9-14(19)2/h4-10,16H,3,11-13H2,1-2H3,(H,24,29)(H,25,27)/t16-/m1/s1. The summed E-state index contributed by atoms with van der Waals surface area (Å²) in [7, 11) is 0. The van der Waals surface area contributed by atoms with Crippen molar-refractivity contribution < 1.29 is 14.4 Å². The van der Waals surface area contributed by atoms with E-state index in [2.05, 4.69) is 33.5 Å². The van der Waals surface area contributed by atoms with Gasteiger partial charge >= 0.3 is 0 Å². The van der Waals surface area contributed by atoms with Gasteiger partial charge in [-0.3, -0.25) is 14.4 Å². The number of halogens is 1. The number of hydrogen-bond donors (Lipinski definition) is 2. The highest BCUT2D eigenvalue weighted by Crippen LogP contribution is 2.26. The average Bonchev–Trinajstić information content (AvgIpc) is 3.10. The van der Waals surface area contributed by atoms with Crippen LogP contribution in [0.5, 0.6) is 0 Å². The highest BCUT2D eigenvalue weighted by molar-refractivity contribution is 9.10. The van der Waals surface area contributed by atoms with Gasteiger partial charge in [0.1, 0.15) is 0 Å². The van der Waals surface area contributed by atoms with Crippen molar-refractivity contribution in [3.05, 3.63) is 58.1 Å². The number of benzene rings is 2. The predicted molar refractivity (Wildman–Crippen MR) is 117 cm³/mol. The van der Waals surface area contributed by atoms with E-state index in [0.29, 0.717) is 12.2 Å². The van der Waals surface area contributed by atoms with Crippen molar-refractivity contribution in [2.45, 2.75) is 26.7 Å². The molecular weight excluding hydrogens is 434 g/mol. The van der Waals surface area contributed by atoms with Gasteiger partial charge in [0.2, 0.25) is 17.7 Å². The number of rotatable bonds is 6. The van der Waals surface area contributed by atoms with Crippen LogP contribution in [0.15, 0.2) is 46.9 Å². The molecule has 29 heavy (non-hydrogen) atoms. The molecule has 0 radical (unpaired) electrons. The Morgan fingerprint density at radius 1 is 1.21 bits per heavy atom. The van der Waals surface area contributed by atoms with Crippen LogP contribution < -0.4 is 15.5 Å². The summed E-state index contributed by atoms with van der Waals surface area (Å²) in [4.78, 5) is 38.7. The molecule has 1 aliphatic rings. The second-order valence-electron chi connectivity index (χ2n) is 7.15. The molecular formula is C22H24BrN3O3. The molecule has 3 amide bonds. The zero-order valence-electron chi connectivity index (χ0n) is 16.5. The van der Waals surface area contributed by atoms with Gasteiger partial charge in [0.15, 0.2) is 0 Å². The molecule has 0 aromatic heterocycles. The van der Waals surface area contributed by atoms with Crippen LogP contribution in [-0.4, -0.2) is 30.8 Å². The molecule has 7 heteroatoms. The highest BCUT2D eigenvalue weighted by atomic mass is 79.9. The number of carbonyl (C=O) groups is 3. The number of nitrogens with one attached hydrogen (secondary N) is 2. The van der Waals surface area contributed by atoms with Crippen LogP contribution in [0, 0.1) is 12.8 Å². The second-order valence-corrected chi connectivity index (χ2v) is 8.07. The van der Waals surface area contributed by atoms with E-state index in [1.54, 1.807) is 11.0 Å². The lowest BCUT2D eigenvalue weighted by molar-refractivity contribution is -0.127. The molecule has 1 saturated heterocycles. The molecule has 1 aliphatic heterocycles. The maximum Gasteiger partial charge on any atom is 0.243 e. The van der Waals surface area contributed by atoms with E-state index < -0.39 is 5.92 Å². The van der Waals surface area contributed by atoms with Crippen LogP contribution in [0.2, 0.25) is 0 Å². The third kappa shape index (κ3) is 5.23. The summed E-state index contributed by atoms with van der Waals surface area (Å²) in [6.45, 7) is 4.14. The summed E-state index contributed by atoms with van der Waals surface area (Å²) in [6.07, 6.45) is 1.03. The lowest BCUT2D eigenvalue weighted by atomic mass is 10.1. The van der Waals surface area contributed by atoms with Crippen LogP contribution in [-0.2, 0) is 20.8 Å². The molecule has 3 rings (SSSR count). The molecule has 1 atom stereocenters. The Bertz CT molecular complexity index is 945. The molecule has 0 saturated carbocycles. The summed E-state index contributed by atoms with van der Waals surface area (Å²) < 4.78 is 0.932. The fourth-order valence-electron chi connectivity index (χ4n) is 3.35. The summed E-state index contributed by atoms with van der Waals surface area (Å²) in [6, 6.07) is 13.3. The fourth-order valence-corrected chi connectivity index (χ4v) is 3.83. The van der Waals surface area contributed by atoms with Gasteiger partial charge in [-0.15, -0.1) is 0 Å². The lowest BCUT2D eigenvalue weighted by Gasteiger charge is -2.17. The van der Waals surface area contributed by atoms with Gasteiger partial charge in [-0.1, -0.05) is 35.0 Å². The number of nitrogens with zero attached hydrogens (tertiary/aromatic N) is 1. The molecule has 6 nitrogen and oxygen atoms in total. The molecule has 1 heterocycles. The first kappa shape index (κ1) is 21.0. The predicted octanol–water partition coefficient (Wildman–Crippen LogP) is 3.43. The third-order valence-electron chi connectivity index (χ3n) is 5.01. The van der Waals surface area contributed by atoms with Gasteiger partial charge in [0, 0.05) is 28.8 Å². The number of carbonyl (C=O) groups excluding carboxylic acids is 3. The first-order valence-corrected chi connectivity index (χ1v) is 10.4. The van der Waals surface area contributed by atoms with Crippen LogP contribution in [0.4, 0.5) is 11.4 Å². The number of aryl methyl sites for hydroxylation is 2. The minimum atomic E-state index is -0.463. The third-order valence-corrected chi connectivity index (χ3v) is 5.51. The van der Waals surface area contributed by atoms with Crippen molar-refractivity contribution in [2.24, 2.45) is 5.92 Å². The van der Waals surface area contributed by atoms with Crippen molar-refractivity contribution in [3.8, 4) is 0 Å². The molecule has 2 aromatic rings. The zero-order chi connectivity index (χ0) is 21.0. The molecule has 0 aliphatic carbocycles. The van der Waals surface area contributed by atoms with E-state index >= 15 is 0 Å². The van der Waals surface area contributed by atoms with Crippen LogP contribution >= 0.6 is 15.9 Å². The van der Waals surface area contributed by atoms with Crippen molar-refractivity contribution in [2.75, 3.05) is 23.3 Å². The Balaban J connectivity index is 1.54. The summed E-state index contributed by atoms with van der Waals surface area (Å²) in [5, 5.41) is 5.44. The van der Waals surface area contributed by atoms with E-state index in [-0.39, 0.29) is 30.7 Å². The Morgan fingerprint density at radius 3 is 2.72 bits per heavy atom. The Morgan fingerprint density at radius 2 is 2.00 bits per heavy atom. The van der Waals surface area contributed by atoms with Crippen LogP contribution in [0.25, 0.3) is 0 Å². The first-order valence-electron chi connectivity index (χ1n) is 9.60. The zero-order valence-corrected chi connectivity index (χ0v) is 18.1. The quantitative estimate of drug-likeness (QED) is 0.697. The van der Waals surface area contributed by atoms with Gasteiger partial charge in [-0.25, -0.2) is 0 Å². The Hall–Kier alpha value is -2.67. The van der Waals surface area contributed by atoms with Gasteiger partial charge in [0.25, 0.3) is 0 Å². The topological polar surface area (TPSA) is 78.5 Å². The Kier molecular flexibility index (Phi) is 6.69. The van der Waals surface area contributed by atoms with Crippen molar-refractivity contribution >= 4 is 45.0 Å². The van der Waals surface area contributed by atoms with E-state index in [1.165, 1.54) is 0 Å². The average molecular weight is 458 g/mol. The largest absolute Gasteiger partial charge is 0.347 e. The number of anilines is 2. The molecule has 0 bridgehead atoms. The fraction of sp³-hybridized carbons (Fsp3) is 0.318. The SMILES string of the molecule is CCc1cccc(N2C[C@H](C(=O)NCC(=O)Nc3ccc(Br)cc3C)CC2=O)c1. The smallest absolute Gasteiger partial charge is 0.243 e. The van der Waals surface area contributed by atoms with Gasteiger partial charge in [-0.2, -0.15) is 0 Å². The Labute approximate surface area is 178 Å². The maximum atomic E-state index is 12.5. The van der Waals surface area contributed by atoms with E-state index in [9.17, 15) is 14.4 Å².